The van der Waals surface area contributed by atoms with Crippen LogP contribution in [0.3, 0.4) is 0 Å². The maximum Gasteiger partial charge on any atom is 0.134 e. The molecule has 0 saturated carbocycles. The number of halogens is 1. The predicted molar refractivity (Wildman–Crippen MR) is 69.4 cm³/mol. The van der Waals surface area contributed by atoms with Crippen LogP contribution in [-0.4, -0.2) is 10.1 Å². The number of aryl methyl sites for hydroxylation is 1. The Morgan fingerprint density at radius 1 is 1.35 bits per heavy atom. The van der Waals surface area contributed by atoms with E-state index in [9.17, 15) is 5.11 Å². The Morgan fingerprint density at radius 2 is 2.18 bits per heavy atom. The second-order valence-electron chi connectivity index (χ2n) is 3.83. The van der Waals surface area contributed by atoms with Crippen molar-refractivity contribution in [2.75, 3.05) is 5.32 Å². The first kappa shape index (κ1) is 11.7. The highest BCUT2D eigenvalue weighted by Crippen LogP contribution is 2.24. The lowest BCUT2D eigenvalue weighted by Crippen LogP contribution is -2.01. The van der Waals surface area contributed by atoms with Crippen molar-refractivity contribution < 1.29 is 5.11 Å². The standard InChI is InChI=1S/C13H13ClN2O/c1-9-4-5-15-8-12(9)16-7-10-2-3-13(17)11(14)6-10/h2-6,8,16-17H,7H2,1H3. The van der Waals surface area contributed by atoms with Crippen LogP contribution in [0.5, 0.6) is 5.75 Å². The molecule has 1 aromatic carbocycles. The molecule has 0 atom stereocenters. The molecule has 0 bridgehead atoms. The zero-order valence-corrected chi connectivity index (χ0v) is 10.2. The van der Waals surface area contributed by atoms with Gasteiger partial charge >= 0.3 is 0 Å². The van der Waals surface area contributed by atoms with Crippen molar-refractivity contribution in [3.63, 3.8) is 0 Å². The SMILES string of the molecule is Cc1ccncc1NCc1ccc(O)c(Cl)c1. The Balaban J connectivity index is 2.08. The molecular formula is C13H13ClN2O. The number of aromatic nitrogens is 1. The van der Waals surface area contributed by atoms with Gasteiger partial charge in [-0.05, 0) is 36.2 Å². The van der Waals surface area contributed by atoms with Gasteiger partial charge in [-0.25, -0.2) is 0 Å². The molecule has 0 amide bonds. The van der Waals surface area contributed by atoms with E-state index in [1.165, 1.54) is 0 Å². The Bertz CT molecular complexity index is 529. The fourth-order valence-corrected chi connectivity index (χ4v) is 1.71. The maximum atomic E-state index is 9.31. The van der Waals surface area contributed by atoms with Gasteiger partial charge in [0.15, 0.2) is 0 Å². The lowest BCUT2D eigenvalue weighted by atomic mass is 10.2. The molecular weight excluding hydrogens is 236 g/mol. The van der Waals surface area contributed by atoms with Crippen molar-refractivity contribution in [1.29, 1.82) is 0 Å². The minimum absolute atomic E-state index is 0.105. The molecule has 88 valence electrons. The molecule has 3 nitrogen and oxygen atoms in total. The van der Waals surface area contributed by atoms with E-state index in [-0.39, 0.29) is 5.75 Å². The van der Waals surface area contributed by atoms with Gasteiger partial charge in [-0.3, -0.25) is 4.98 Å². The van der Waals surface area contributed by atoms with Gasteiger partial charge in [0, 0.05) is 12.7 Å². The molecule has 0 aliphatic rings. The van der Waals surface area contributed by atoms with Crippen molar-refractivity contribution in [2.45, 2.75) is 13.5 Å². The first-order valence-electron chi connectivity index (χ1n) is 5.28. The summed E-state index contributed by atoms with van der Waals surface area (Å²) in [4.78, 5) is 4.06. The van der Waals surface area contributed by atoms with E-state index in [1.54, 1.807) is 24.5 Å². The largest absolute Gasteiger partial charge is 0.506 e. The van der Waals surface area contributed by atoms with Gasteiger partial charge in [0.1, 0.15) is 5.75 Å². The van der Waals surface area contributed by atoms with Crippen molar-refractivity contribution in [2.24, 2.45) is 0 Å². The van der Waals surface area contributed by atoms with Gasteiger partial charge in [-0.2, -0.15) is 0 Å². The van der Waals surface area contributed by atoms with Gasteiger partial charge in [-0.15, -0.1) is 0 Å². The number of hydrogen-bond acceptors (Lipinski definition) is 3. The molecule has 1 aromatic heterocycles. The average molecular weight is 249 g/mol. The number of rotatable bonds is 3. The van der Waals surface area contributed by atoms with Crippen LogP contribution in [0.25, 0.3) is 0 Å². The third-order valence-electron chi connectivity index (χ3n) is 2.53. The molecule has 0 radical (unpaired) electrons. The summed E-state index contributed by atoms with van der Waals surface area (Å²) >= 11 is 5.84. The van der Waals surface area contributed by atoms with Gasteiger partial charge in [0.05, 0.1) is 16.9 Å². The van der Waals surface area contributed by atoms with Crippen molar-refractivity contribution in [1.82, 2.24) is 4.98 Å². The number of nitrogens with one attached hydrogen (secondary N) is 1. The summed E-state index contributed by atoms with van der Waals surface area (Å²) in [7, 11) is 0. The maximum absolute atomic E-state index is 9.31. The first-order chi connectivity index (χ1) is 8.16. The monoisotopic (exact) mass is 248 g/mol. The Hall–Kier alpha value is -1.74. The second kappa shape index (κ2) is 5.06. The second-order valence-corrected chi connectivity index (χ2v) is 4.24. The van der Waals surface area contributed by atoms with E-state index in [1.807, 2.05) is 19.1 Å². The number of phenols is 1. The summed E-state index contributed by atoms with van der Waals surface area (Å²) in [5.74, 6) is 0.105. The van der Waals surface area contributed by atoms with Gasteiger partial charge in [-0.1, -0.05) is 17.7 Å². The highest BCUT2D eigenvalue weighted by atomic mass is 35.5. The number of aromatic hydroxyl groups is 1. The molecule has 4 heteroatoms. The summed E-state index contributed by atoms with van der Waals surface area (Å²) in [5.41, 5.74) is 3.15. The average Bonchev–Trinajstić information content (AvgIpc) is 2.32. The minimum Gasteiger partial charge on any atom is -0.506 e. The van der Waals surface area contributed by atoms with Gasteiger partial charge in [0.25, 0.3) is 0 Å². The van der Waals surface area contributed by atoms with Crippen LogP contribution in [0.2, 0.25) is 5.02 Å². The molecule has 2 N–H and O–H groups in total. The van der Waals surface area contributed by atoms with E-state index >= 15 is 0 Å². The van der Waals surface area contributed by atoms with Crippen LogP contribution in [0.4, 0.5) is 5.69 Å². The summed E-state index contributed by atoms with van der Waals surface area (Å²) < 4.78 is 0. The van der Waals surface area contributed by atoms with E-state index in [4.69, 9.17) is 11.6 Å². The number of nitrogens with zero attached hydrogens (tertiary/aromatic N) is 1. The quantitative estimate of drug-likeness (QED) is 0.876. The number of benzene rings is 1. The zero-order chi connectivity index (χ0) is 12.3. The van der Waals surface area contributed by atoms with E-state index < -0.39 is 0 Å². The van der Waals surface area contributed by atoms with Crippen molar-refractivity contribution in [3.8, 4) is 5.75 Å². The van der Waals surface area contributed by atoms with Crippen LogP contribution >= 0.6 is 11.6 Å². The molecule has 0 aliphatic carbocycles. The first-order valence-corrected chi connectivity index (χ1v) is 5.66. The molecule has 1 heterocycles. The summed E-state index contributed by atoms with van der Waals surface area (Å²) in [6, 6.07) is 7.12. The summed E-state index contributed by atoms with van der Waals surface area (Å²) in [6.45, 7) is 2.67. The fourth-order valence-electron chi connectivity index (χ4n) is 1.51. The topological polar surface area (TPSA) is 45.2 Å². The van der Waals surface area contributed by atoms with Crippen LogP contribution in [-0.2, 0) is 6.54 Å². The Kier molecular flexibility index (Phi) is 3.49. The minimum atomic E-state index is 0.105. The molecule has 17 heavy (non-hydrogen) atoms. The Labute approximate surface area is 105 Å². The van der Waals surface area contributed by atoms with Crippen molar-refractivity contribution >= 4 is 17.3 Å². The number of phenolic OH excluding ortho intramolecular Hbond substituents is 1. The van der Waals surface area contributed by atoms with E-state index in [0.29, 0.717) is 11.6 Å². The highest BCUT2D eigenvalue weighted by Gasteiger charge is 2.01. The lowest BCUT2D eigenvalue weighted by molar-refractivity contribution is 0.475. The molecule has 2 rings (SSSR count). The smallest absolute Gasteiger partial charge is 0.134 e. The lowest BCUT2D eigenvalue weighted by Gasteiger charge is -2.09. The van der Waals surface area contributed by atoms with E-state index in [0.717, 1.165) is 16.8 Å². The normalized spacial score (nSPS) is 10.2. The fraction of sp³-hybridized carbons (Fsp3) is 0.154. The zero-order valence-electron chi connectivity index (χ0n) is 9.44. The van der Waals surface area contributed by atoms with Crippen LogP contribution in [0.1, 0.15) is 11.1 Å². The number of hydrogen-bond donors (Lipinski definition) is 2. The molecule has 2 aromatic rings. The summed E-state index contributed by atoms with van der Waals surface area (Å²) in [6.07, 6.45) is 3.55. The van der Waals surface area contributed by atoms with Crippen LogP contribution < -0.4 is 5.32 Å². The number of anilines is 1. The van der Waals surface area contributed by atoms with Crippen LogP contribution in [0.15, 0.2) is 36.7 Å². The third-order valence-corrected chi connectivity index (χ3v) is 2.84. The molecule has 0 unspecified atom stereocenters. The highest BCUT2D eigenvalue weighted by molar-refractivity contribution is 6.32. The van der Waals surface area contributed by atoms with Crippen LogP contribution in [0, 0.1) is 6.92 Å². The van der Waals surface area contributed by atoms with E-state index in [2.05, 4.69) is 10.3 Å². The number of pyridine rings is 1. The van der Waals surface area contributed by atoms with Gasteiger partial charge in [0.2, 0.25) is 0 Å². The molecule has 0 fully saturated rings. The molecule has 0 aliphatic heterocycles. The predicted octanol–water partition coefficient (Wildman–Crippen LogP) is 3.36. The third kappa shape index (κ3) is 2.88. The van der Waals surface area contributed by atoms with Gasteiger partial charge < -0.3 is 10.4 Å². The van der Waals surface area contributed by atoms with Crippen molar-refractivity contribution in [3.05, 3.63) is 52.8 Å². The Morgan fingerprint density at radius 3 is 2.88 bits per heavy atom. The summed E-state index contributed by atoms with van der Waals surface area (Å²) in [5, 5.41) is 13.0. The molecule has 0 spiro atoms. The molecule has 0 saturated heterocycles.